The summed E-state index contributed by atoms with van der Waals surface area (Å²) in [6, 6.07) is 15.4. The lowest BCUT2D eigenvalue weighted by atomic mass is 10.2. The van der Waals surface area contributed by atoms with Crippen molar-refractivity contribution in [2.75, 3.05) is 11.4 Å². The van der Waals surface area contributed by atoms with Crippen LogP contribution >= 0.6 is 11.6 Å². The Bertz CT molecular complexity index is 819. The van der Waals surface area contributed by atoms with Crippen molar-refractivity contribution in [3.05, 3.63) is 64.7 Å². The van der Waals surface area contributed by atoms with Gasteiger partial charge < -0.3 is 10.2 Å². The molecule has 128 valence electrons. The van der Waals surface area contributed by atoms with Gasteiger partial charge in [-0.1, -0.05) is 41.9 Å². The number of carbonyl (C=O) groups is 2. The van der Waals surface area contributed by atoms with Crippen molar-refractivity contribution in [1.29, 1.82) is 0 Å². The van der Waals surface area contributed by atoms with Crippen LogP contribution in [0, 0.1) is 11.8 Å². The molecule has 2 aromatic carbocycles. The molecule has 1 saturated carbocycles. The van der Waals surface area contributed by atoms with Crippen LogP contribution in [0.2, 0.25) is 5.02 Å². The smallest absolute Gasteiger partial charge is 0.230 e. The number of fused-ring (bicyclic) bond motifs is 1. The van der Waals surface area contributed by atoms with Crippen LogP contribution in [0.15, 0.2) is 48.5 Å². The highest BCUT2D eigenvalue weighted by Crippen LogP contribution is 2.42. The average molecular weight is 355 g/mol. The van der Waals surface area contributed by atoms with Crippen LogP contribution in [-0.2, 0) is 22.6 Å². The van der Waals surface area contributed by atoms with Gasteiger partial charge in [0.05, 0.1) is 11.8 Å². The van der Waals surface area contributed by atoms with Crippen LogP contribution in [0.5, 0.6) is 0 Å². The third-order valence-corrected chi connectivity index (χ3v) is 5.23. The molecule has 0 aromatic heterocycles. The Morgan fingerprint density at radius 3 is 2.64 bits per heavy atom. The second kappa shape index (κ2) is 6.52. The van der Waals surface area contributed by atoms with Crippen LogP contribution in [0.1, 0.15) is 17.5 Å². The molecule has 2 aliphatic rings. The van der Waals surface area contributed by atoms with E-state index in [4.69, 9.17) is 11.6 Å². The van der Waals surface area contributed by atoms with E-state index in [0.29, 0.717) is 24.5 Å². The number of nitrogens with one attached hydrogen (secondary N) is 1. The predicted molar refractivity (Wildman–Crippen MR) is 97.4 cm³/mol. The molecule has 4 nitrogen and oxygen atoms in total. The van der Waals surface area contributed by atoms with E-state index in [9.17, 15) is 9.59 Å². The third-order valence-electron chi connectivity index (χ3n) is 4.98. The van der Waals surface area contributed by atoms with Crippen LogP contribution < -0.4 is 10.2 Å². The molecule has 0 bridgehead atoms. The molecule has 1 aliphatic heterocycles. The second-order valence-electron chi connectivity index (χ2n) is 6.66. The summed E-state index contributed by atoms with van der Waals surface area (Å²) < 4.78 is 0. The number of hydrogen-bond donors (Lipinski definition) is 1. The van der Waals surface area contributed by atoms with E-state index >= 15 is 0 Å². The number of hydrogen-bond acceptors (Lipinski definition) is 2. The Balaban J connectivity index is 1.33. The number of carbonyl (C=O) groups excluding carboxylic acids is 2. The van der Waals surface area contributed by atoms with Gasteiger partial charge in [0, 0.05) is 23.8 Å². The van der Waals surface area contributed by atoms with Crippen molar-refractivity contribution in [2.24, 2.45) is 11.8 Å². The summed E-state index contributed by atoms with van der Waals surface area (Å²) in [7, 11) is 0. The van der Waals surface area contributed by atoms with Gasteiger partial charge in [0.25, 0.3) is 0 Å². The Hall–Kier alpha value is -2.33. The Kier molecular flexibility index (Phi) is 4.22. The van der Waals surface area contributed by atoms with Crippen LogP contribution in [0.4, 0.5) is 5.69 Å². The molecule has 1 heterocycles. The fourth-order valence-corrected chi connectivity index (χ4v) is 3.57. The minimum Gasteiger partial charge on any atom is -0.352 e. The van der Waals surface area contributed by atoms with Crippen molar-refractivity contribution in [1.82, 2.24) is 5.32 Å². The van der Waals surface area contributed by atoms with Crippen LogP contribution in [0.25, 0.3) is 0 Å². The van der Waals surface area contributed by atoms with E-state index < -0.39 is 0 Å². The van der Waals surface area contributed by atoms with Crippen molar-refractivity contribution in [3.8, 4) is 0 Å². The molecule has 0 saturated heterocycles. The highest BCUT2D eigenvalue weighted by molar-refractivity contribution is 6.30. The van der Waals surface area contributed by atoms with Gasteiger partial charge >= 0.3 is 0 Å². The summed E-state index contributed by atoms with van der Waals surface area (Å²) in [5, 5.41) is 3.60. The predicted octanol–water partition coefficient (Wildman–Crippen LogP) is 3.18. The fourth-order valence-electron chi connectivity index (χ4n) is 3.45. The number of rotatable bonds is 4. The lowest BCUT2D eigenvalue weighted by Gasteiger charge is -2.17. The lowest BCUT2D eigenvalue weighted by molar-refractivity contribution is -0.126. The number of para-hydroxylation sites is 1. The molecular formula is C20H19ClN2O2. The van der Waals surface area contributed by atoms with Crippen molar-refractivity contribution >= 4 is 29.1 Å². The van der Waals surface area contributed by atoms with E-state index in [0.717, 1.165) is 17.7 Å². The first kappa shape index (κ1) is 16.2. The van der Waals surface area contributed by atoms with Crippen molar-refractivity contribution < 1.29 is 9.59 Å². The number of halogens is 1. The maximum atomic E-state index is 12.7. The third kappa shape index (κ3) is 3.27. The number of benzene rings is 2. The molecule has 1 N–H and O–H groups in total. The zero-order valence-corrected chi connectivity index (χ0v) is 14.5. The number of amides is 2. The van der Waals surface area contributed by atoms with E-state index in [-0.39, 0.29) is 23.7 Å². The summed E-state index contributed by atoms with van der Waals surface area (Å²) >= 11 is 5.86. The Labute approximate surface area is 151 Å². The van der Waals surface area contributed by atoms with E-state index in [1.807, 2.05) is 35.2 Å². The largest absolute Gasteiger partial charge is 0.352 e. The van der Waals surface area contributed by atoms with E-state index in [1.165, 1.54) is 5.56 Å². The molecule has 2 aromatic rings. The van der Waals surface area contributed by atoms with Gasteiger partial charge in [-0.15, -0.1) is 0 Å². The monoisotopic (exact) mass is 354 g/mol. The number of anilines is 1. The van der Waals surface area contributed by atoms with Gasteiger partial charge in [-0.25, -0.2) is 0 Å². The van der Waals surface area contributed by atoms with E-state index in [1.54, 1.807) is 12.1 Å². The zero-order chi connectivity index (χ0) is 17.4. The molecule has 0 radical (unpaired) electrons. The molecule has 2 amide bonds. The second-order valence-corrected chi connectivity index (χ2v) is 7.10. The summed E-state index contributed by atoms with van der Waals surface area (Å²) in [6.07, 6.45) is 1.53. The first-order chi connectivity index (χ1) is 12.1. The fraction of sp³-hybridized carbons (Fsp3) is 0.300. The molecule has 25 heavy (non-hydrogen) atoms. The number of nitrogens with zero attached hydrogens (tertiary/aromatic N) is 1. The van der Waals surface area contributed by atoms with Gasteiger partial charge in [0.2, 0.25) is 11.8 Å². The van der Waals surface area contributed by atoms with Gasteiger partial charge in [-0.05, 0) is 42.2 Å². The minimum absolute atomic E-state index is 0.0409. The Morgan fingerprint density at radius 2 is 1.84 bits per heavy atom. The van der Waals surface area contributed by atoms with E-state index in [2.05, 4.69) is 11.4 Å². The molecular weight excluding hydrogens is 336 g/mol. The molecule has 4 rings (SSSR count). The topological polar surface area (TPSA) is 49.4 Å². The summed E-state index contributed by atoms with van der Waals surface area (Å²) in [5.41, 5.74) is 3.20. The maximum absolute atomic E-state index is 12.7. The average Bonchev–Trinajstić information content (AvgIpc) is 3.32. The van der Waals surface area contributed by atoms with Gasteiger partial charge in [0.1, 0.15) is 0 Å². The summed E-state index contributed by atoms with van der Waals surface area (Å²) in [4.78, 5) is 26.9. The van der Waals surface area contributed by atoms with Crippen LogP contribution in [-0.4, -0.2) is 18.4 Å². The highest BCUT2D eigenvalue weighted by Gasteiger charge is 2.50. The molecule has 1 aliphatic carbocycles. The standard InChI is InChI=1S/C20H19ClN2O2/c21-15-7-5-13(6-8-15)12-22-19(24)16-11-17(16)20(25)23-10-9-14-3-1-2-4-18(14)23/h1-8,16-17H,9-12H2,(H,22,24). The first-order valence-corrected chi connectivity index (χ1v) is 8.93. The van der Waals surface area contributed by atoms with Crippen molar-refractivity contribution in [2.45, 2.75) is 19.4 Å². The Morgan fingerprint density at radius 1 is 1.08 bits per heavy atom. The first-order valence-electron chi connectivity index (χ1n) is 8.55. The highest BCUT2D eigenvalue weighted by atomic mass is 35.5. The van der Waals surface area contributed by atoms with Gasteiger partial charge in [-0.2, -0.15) is 0 Å². The van der Waals surface area contributed by atoms with Gasteiger partial charge in [-0.3, -0.25) is 9.59 Å². The molecule has 1 fully saturated rings. The molecule has 0 spiro atoms. The summed E-state index contributed by atoms with van der Waals surface area (Å²) in [5.74, 6) is -0.346. The SMILES string of the molecule is O=C(NCc1ccc(Cl)cc1)C1CC1C(=O)N1CCc2ccccc21. The minimum atomic E-state index is -0.201. The molecule has 2 unspecified atom stereocenters. The molecule has 2 atom stereocenters. The van der Waals surface area contributed by atoms with Crippen LogP contribution in [0.3, 0.4) is 0 Å². The molecule has 5 heteroatoms. The van der Waals surface area contributed by atoms with Crippen molar-refractivity contribution in [3.63, 3.8) is 0 Å². The van der Waals surface area contributed by atoms with Gasteiger partial charge in [0.15, 0.2) is 0 Å². The zero-order valence-electron chi connectivity index (χ0n) is 13.7. The summed E-state index contributed by atoms with van der Waals surface area (Å²) in [6.45, 7) is 1.17. The normalized spacial score (nSPS) is 20.9. The quantitative estimate of drug-likeness (QED) is 0.916. The lowest BCUT2D eigenvalue weighted by Crippen LogP contribution is -2.33. The maximum Gasteiger partial charge on any atom is 0.230 e.